The lowest BCUT2D eigenvalue weighted by molar-refractivity contribution is -0.390. The standard InChI is InChI=1S/C39H41F9O7/c1-3-4-5-8-11-26(2)54-33(49)30-18-22-32(23-19-30)55-34(50)29-14-12-27(13-15-29)28-16-20-31(21-17-28)52-24-9-6-7-10-25-53-35(51)36(40,41)37(42,43)38(44,45)39(46,47)48/h12-23,26H,3-11,24-25H2,1-2H3. The van der Waals surface area contributed by atoms with E-state index in [4.69, 9.17) is 14.2 Å². The van der Waals surface area contributed by atoms with Crippen LogP contribution in [0, 0.1) is 0 Å². The van der Waals surface area contributed by atoms with E-state index in [1.54, 1.807) is 48.5 Å². The van der Waals surface area contributed by atoms with Crippen LogP contribution >= 0.6 is 0 Å². The van der Waals surface area contributed by atoms with Crippen molar-refractivity contribution in [2.45, 2.75) is 102 Å². The van der Waals surface area contributed by atoms with Gasteiger partial charge in [0.05, 0.1) is 30.4 Å². The fourth-order valence-corrected chi connectivity index (χ4v) is 5.04. The molecule has 3 aromatic rings. The Balaban J connectivity index is 1.37. The molecule has 0 amide bonds. The van der Waals surface area contributed by atoms with Gasteiger partial charge in [0.15, 0.2) is 0 Å². The third-order valence-corrected chi connectivity index (χ3v) is 8.32. The zero-order chi connectivity index (χ0) is 40.9. The van der Waals surface area contributed by atoms with Crippen molar-refractivity contribution < 1.29 is 72.8 Å². The van der Waals surface area contributed by atoms with Crippen molar-refractivity contribution in [2.75, 3.05) is 13.2 Å². The molecule has 0 saturated heterocycles. The van der Waals surface area contributed by atoms with E-state index in [0.29, 0.717) is 29.7 Å². The van der Waals surface area contributed by atoms with E-state index in [2.05, 4.69) is 11.7 Å². The average Bonchev–Trinajstić information content (AvgIpc) is 3.14. The molecule has 0 radical (unpaired) electrons. The fourth-order valence-electron chi connectivity index (χ4n) is 5.04. The molecular weight excluding hydrogens is 751 g/mol. The quantitative estimate of drug-likeness (QED) is 0.0459. The van der Waals surface area contributed by atoms with Gasteiger partial charge in [-0.1, -0.05) is 50.5 Å². The highest BCUT2D eigenvalue weighted by atomic mass is 19.4. The summed E-state index contributed by atoms with van der Waals surface area (Å²) in [5.41, 5.74) is 2.25. The van der Waals surface area contributed by atoms with Gasteiger partial charge < -0.3 is 18.9 Å². The summed E-state index contributed by atoms with van der Waals surface area (Å²) in [6, 6.07) is 19.7. The Morgan fingerprint density at radius 1 is 0.582 bits per heavy atom. The number of hydrogen-bond acceptors (Lipinski definition) is 7. The van der Waals surface area contributed by atoms with Crippen molar-refractivity contribution in [1.82, 2.24) is 0 Å². The van der Waals surface area contributed by atoms with Crippen molar-refractivity contribution in [3.8, 4) is 22.6 Å². The highest BCUT2D eigenvalue weighted by Gasteiger charge is 2.84. The summed E-state index contributed by atoms with van der Waals surface area (Å²) >= 11 is 0. The Morgan fingerprint density at radius 2 is 1.07 bits per heavy atom. The molecule has 0 fully saturated rings. The highest BCUT2D eigenvalue weighted by molar-refractivity contribution is 5.92. The minimum atomic E-state index is -7.17. The molecule has 0 N–H and O–H groups in total. The van der Waals surface area contributed by atoms with Crippen molar-refractivity contribution in [1.29, 1.82) is 0 Å². The third kappa shape index (κ3) is 12.1. The lowest BCUT2D eigenvalue weighted by atomic mass is 10.0. The second-order valence-electron chi connectivity index (χ2n) is 12.7. The van der Waals surface area contributed by atoms with Gasteiger partial charge in [-0.25, -0.2) is 14.4 Å². The normalized spacial score (nSPS) is 12.9. The average molecular weight is 793 g/mol. The molecule has 0 bridgehead atoms. The van der Waals surface area contributed by atoms with E-state index in [0.717, 1.165) is 43.2 Å². The number of alkyl halides is 9. The molecule has 7 nitrogen and oxygen atoms in total. The monoisotopic (exact) mass is 792 g/mol. The number of unbranched alkanes of at least 4 members (excludes halogenated alkanes) is 6. The van der Waals surface area contributed by atoms with Gasteiger partial charge in [0, 0.05) is 0 Å². The molecule has 3 aromatic carbocycles. The van der Waals surface area contributed by atoms with Crippen molar-refractivity contribution in [3.05, 3.63) is 83.9 Å². The van der Waals surface area contributed by atoms with Crippen LogP contribution in [0.2, 0.25) is 0 Å². The van der Waals surface area contributed by atoms with E-state index in [-0.39, 0.29) is 31.3 Å². The first kappa shape index (κ1) is 44.6. The molecule has 0 aliphatic carbocycles. The van der Waals surface area contributed by atoms with Crippen LogP contribution in [0.4, 0.5) is 39.5 Å². The topological polar surface area (TPSA) is 88.1 Å². The first-order valence-corrected chi connectivity index (χ1v) is 17.6. The number of hydrogen-bond donors (Lipinski definition) is 0. The van der Waals surface area contributed by atoms with Gasteiger partial charge in [0.2, 0.25) is 0 Å². The molecule has 0 spiro atoms. The summed E-state index contributed by atoms with van der Waals surface area (Å²) in [7, 11) is 0. The van der Waals surface area contributed by atoms with Crippen molar-refractivity contribution in [3.63, 3.8) is 0 Å². The molecular formula is C39H41F9O7. The summed E-state index contributed by atoms with van der Waals surface area (Å²) in [5.74, 6) is -24.1. The molecule has 0 heterocycles. The minimum absolute atomic E-state index is 0.155. The number of carbonyl (C=O) groups is 3. The van der Waals surface area contributed by atoms with Crippen LogP contribution in [0.25, 0.3) is 11.1 Å². The first-order valence-electron chi connectivity index (χ1n) is 17.6. The Kier molecular flexibility index (Phi) is 16.0. The summed E-state index contributed by atoms with van der Waals surface area (Å²) in [6.07, 6.45) is -1.22. The summed E-state index contributed by atoms with van der Waals surface area (Å²) in [5, 5.41) is 0. The van der Waals surface area contributed by atoms with Crippen LogP contribution < -0.4 is 9.47 Å². The summed E-state index contributed by atoms with van der Waals surface area (Å²) < 4.78 is 136. The highest BCUT2D eigenvalue weighted by Crippen LogP contribution is 2.53. The maximum atomic E-state index is 13.5. The van der Waals surface area contributed by atoms with Gasteiger partial charge in [0.25, 0.3) is 0 Å². The van der Waals surface area contributed by atoms with Crippen LogP contribution in [-0.2, 0) is 14.3 Å². The van der Waals surface area contributed by atoms with Crippen LogP contribution in [0.15, 0.2) is 72.8 Å². The van der Waals surface area contributed by atoms with Gasteiger partial charge in [-0.15, -0.1) is 0 Å². The molecule has 302 valence electrons. The predicted molar refractivity (Wildman–Crippen MR) is 183 cm³/mol. The second kappa shape index (κ2) is 19.7. The number of esters is 3. The molecule has 0 aromatic heterocycles. The molecule has 0 saturated carbocycles. The predicted octanol–water partition coefficient (Wildman–Crippen LogP) is 11.0. The van der Waals surface area contributed by atoms with Crippen LogP contribution in [0.3, 0.4) is 0 Å². The first-order chi connectivity index (χ1) is 25.8. The summed E-state index contributed by atoms with van der Waals surface area (Å²) in [6.45, 7) is 3.29. The Morgan fingerprint density at radius 3 is 1.64 bits per heavy atom. The number of carbonyl (C=O) groups excluding carboxylic acids is 3. The Hall–Kier alpha value is -4.76. The van der Waals surface area contributed by atoms with Gasteiger partial charge in [0.1, 0.15) is 11.5 Å². The van der Waals surface area contributed by atoms with Crippen LogP contribution in [-0.4, -0.2) is 61.2 Å². The maximum Gasteiger partial charge on any atom is 0.460 e. The van der Waals surface area contributed by atoms with Gasteiger partial charge in [-0.2, -0.15) is 39.5 Å². The largest absolute Gasteiger partial charge is 0.494 e. The van der Waals surface area contributed by atoms with E-state index in [1.165, 1.54) is 24.3 Å². The third-order valence-electron chi connectivity index (χ3n) is 8.32. The molecule has 16 heteroatoms. The van der Waals surface area contributed by atoms with Crippen molar-refractivity contribution >= 4 is 17.9 Å². The Labute approximate surface area is 312 Å². The zero-order valence-corrected chi connectivity index (χ0v) is 30.0. The number of ether oxygens (including phenoxy) is 4. The van der Waals surface area contributed by atoms with E-state index >= 15 is 0 Å². The molecule has 3 rings (SSSR count). The lowest BCUT2D eigenvalue weighted by Gasteiger charge is -2.32. The van der Waals surface area contributed by atoms with E-state index < -0.39 is 48.5 Å². The van der Waals surface area contributed by atoms with Gasteiger partial charge >= 0.3 is 41.9 Å². The maximum absolute atomic E-state index is 13.5. The fraction of sp³-hybridized carbons (Fsp3) is 0.462. The minimum Gasteiger partial charge on any atom is -0.494 e. The van der Waals surface area contributed by atoms with E-state index in [9.17, 15) is 53.9 Å². The number of halogens is 9. The molecule has 55 heavy (non-hydrogen) atoms. The van der Waals surface area contributed by atoms with Crippen LogP contribution in [0.5, 0.6) is 11.5 Å². The molecule has 1 atom stereocenters. The van der Waals surface area contributed by atoms with Crippen LogP contribution in [0.1, 0.15) is 92.4 Å². The zero-order valence-electron chi connectivity index (χ0n) is 30.0. The van der Waals surface area contributed by atoms with E-state index in [1.807, 2.05) is 6.92 Å². The van der Waals surface area contributed by atoms with Gasteiger partial charge in [-0.05, 0) is 105 Å². The SMILES string of the molecule is CCCCCCC(C)OC(=O)c1ccc(OC(=O)c2ccc(-c3ccc(OCCCCCCOC(=O)C(F)(F)C(F)(F)C(F)(F)C(F)(F)F)cc3)cc2)cc1. The van der Waals surface area contributed by atoms with Crippen molar-refractivity contribution in [2.24, 2.45) is 0 Å². The molecule has 0 aliphatic rings. The molecule has 1 unspecified atom stereocenters. The number of rotatable bonds is 21. The smallest absolute Gasteiger partial charge is 0.460 e. The summed E-state index contributed by atoms with van der Waals surface area (Å²) in [4.78, 5) is 36.4. The van der Waals surface area contributed by atoms with Gasteiger partial charge in [-0.3, -0.25) is 0 Å². The lowest BCUT2D eigenvalue weighted by Crippen LogP contribution is -2.63. The number of benzene rings is 3. The Bertz CT molecular complexity index is 1680. The second-order valence-corrected chi connectivity index (χ2v) is 12.7. The molecule has 0 aliphatic heterocycles.